The first kappa shape index (κ1) is 26.7. The minimum absolute atomic E-state index is 0.204. The first-order chi connectivity index (χ1) is 19.4. The van der Waals surface area contributed by atoms with Crippen molar-refractivity contribution in [3.05, 3.63) is 102 Å². The van der Waals surface area contributed by atoms with Gasteiger partial charge in [-0.05, 0) is 84.6 Å². The minimum Gasteiger partial charge on any atom is -0.494 e. The number of nitrogens with two attached hydrogens (primary N) is 2. The molecule has 0 spiro atoms. The van der Waals surface area contributed by atoms with Gasteiger partial charge in [-0.1, -0.05) is 30.3 Å². The third-order valence-electron chi connectivity index (χ3n) is 6.54. The van der Waals surface area contributed by atoms with Crippen LogP contribution in [0.1, 0.15) is 25.0 Å². The van der Waals surface area contributed by atoms with Gasteiger partial charge < -0.3 is 30.2 Å². The fraction of sp³-hybridized carbons (Fsp3) is 0.182. The van der Waals surface area contributed by atoms with Crippen molar-refractivity contribution >= 4 is 28.2 Å². The average molecular weight is 536 g/mol. The molecule has 40 heavy (non-hydrogen) atoms. The molecule has 7 nitrogen and oxygen atoms in total. The Morgan fingerprint density at radius 1 is 0.775 bits per heavy atom. The number of hydrogen-bond donors (Lipinski definition) is 2. The lowest BCUT2D eigenvalue weighted by atomic mass is 10.0. The van der Waals surface area contributed by atoms with E-state index in [2.05, 4.69) is 10.6 Å². The Hall–Kier alpha value is -4.91. The van der Waals surface area contributed by atoms with Gasteiger partial charge in [0.1, 0.15) is 17.2 Å². The Balaban J connectivity index is 1.44. The number of fused-ring (bicyclic) bond motifs is 1. The molecule has 0 saturated carbocycles. The fourth-order valence-corrected chi connectivity index (χ4v) is 4.82. The first-order valence-electron chi connectivity index (χ1n) is 13.3. The smallest absolute Gasteiger partial charge is 0.310 e. The molecule has 1 heterocycles. The number of nitrogen functional groups attached to an aromatic ring is 2. The van der Waals surface area contributed by atoms with Gasteiger partial charge in [-0.2, -0.15) is 0 Å². The van der Waals surface area contributed by atoms with E-state index in [-0.39, 0.29) is 12.4 Å². The molecule has 5 aromatic rings. The van der Waals surface area contributed by atoms with Crippen LogP contribution < -0.4 is 20.9 Å². The number of ether oxygens (including phenoxy) is 3. The van der Waals surface area contributed by atoms with E-state index in [0.29, 0.717) is 36.9 Å². The molecule has 7 heteroatoms. The highest BCUT2D eigenvalue weighted by Crippen LogP contribution is 2.32. The SMILES string of the molecule is CCOC(=O)Cc1cn(Cc2ccc(Oc3cccc(OCC)c3)cc2)c2cc(-c3cc(N)cc(N)c3)ccc12. The highest BCUT2D eigenvalue weighted by Gasteiger charge is 2.15. The van der Waals surface area contributed by atoms with Crippen LogP contribution in [0, 0.1) is 0 Å². The number of benzene rings is 4. The van der Waals surface area contributed by atoms with Crippen LogP contribution in [0.25, 0.3) is 22.0 Å². The van der Waals surface area contributed by atoms with Crippen LogP contribution in [0.5, 0.6) is 17.2 Å². The quantitative estimate of drug-likeness (QED) is 0.150. The molecule has 5 rings (SSSR count). The second-order valence-corrected chi connectivity index (χ2v) is 9.54. The van der Waals surface area contributed by atoms with Crippen molar-refractivity contribution < 1.29 is 19.0 Å². The zero-order valence-corrected chi connectivity index (χ0v) is 22.7. The summed E-state index contributed by atoms with van der Waals surface area (Å²) < 4.78 is 19.0. The largest absolute Gasteiger partial charge is 0.494 e. The molecule has 0 atom stereocenters. The van der Waals surface area contributed by atoms with E-state index in [1.54, 1.807) is 6.07 Å². The second-order valence-electron chi connectivity index (χ2n) is 9.54. The van der Waals surface area contributed by atoms with Crippen LogP contribution in [0.4, 0.5) is 11.4 Å². The monoisotopic (exact) mass is 535 g/mol. The molecular formula is C33H33N3O4. The topological polar surface area (TPSA) is 102 Å². The normalized spacial score (nSPS) is 10.9. The molecule has 0 fully saturated rings. The van der Waals surface area contributed by atoms with Crippen molar-refractivity contribution in [3.8, 4) is 28.4 Å². The van der Waals surface area contributed by atoms with Crippen molar-refractivity contribution in [2.24, 2.45) is 0 Å². The zero-order valence-electron chi connectivity index (χ0n) is 22.7. The molecule has 0 radical (unpaired) electrons. The molecule has 0 unspecified atom stereocenters. The van der Waals surface area contributed by atoms with Crippen molar-refractivity contribution in [1.29, 1.82) is 0 Å². The van der Waals surface area contributed by atoms with Gasteiger partial charge >= 0.3 is 5.97 Å². The Kier molecular flexibility index (Phi) is 7.92. The summed E-state index contributed by atoms with van der Waals surface area (Å²) in [7, 11) is 0. The Labute approximate surface area is 233 Å². The molecule has 4 aromatic carbocycles. The predicted molar refractivity (Wildman–Crippen MR) is 160 cm³/mol. The summed E-state index contributed by atoms with van der Waals surface area (Å²) in [5, 5.41) is 1.00. The number of esters is 1. The van der Waals surface area contributed by atoms with E-state index in [1.165, 1.54) is 0 Å². The van der Waals surface area contributed by atoms with Gasteiger partial charge in [0, 0.05) is 41.1 Å². The van der Waals surface area contributed by atoms with E-state index in [4.69, 9.17) is 25.7 Å². The van der Waals surface area contributed by atoms with E-state index >= 15 is 0 Å². The van der Waals surface area contributed by atoms with Crippen LogP contribution >= 0.6 is 0 Å². The molecule has 0 bridgehead atoms. The highest BCUT2D eigenvalue weighted by atomic mass is 16.5. The van der Waals surface area contributed by atoms with Crippen molar-refractivity contribution in [2.75, 3.05) is 24.7 Å². The van der Waals surface area contributed by atoms with E-state index in [9.17, 15) is 4.79 Å². The molecule has 0 amide bonds. The van der Waals surface area contributed by atoms with E-state index < -0.39 is 0 Å². The van der Waals surface area contributed by atoms with Gasteiger partial charge in [0.2, 0.25) is 0 Å². The van der Waals surface area contributed by atoms with Crippen LogP contribution in [0.2, 0.25) is 0 Å². The third kappa shape index (κ3) is 6.21. The number of aromatic nitrogens is 1. The number of nitrogens with zero attached hydrogens (tertiary/aromatic N) is 1. The third-order valence-corrected chi connectivity index (χ3v) is 6.54. The number of carbonyl (C=O) groups excluding carboxylic acids is 1. The number of rotatable bonds is 10. The molecule has 0 aliphatic heterocycles. The lowest BCUT2D eigenvalue weighted by molar-refractivity contribution is -0.142. The number of hydrogen-bond acceptors (Lipinski definition) is 6. The number of carbonyl (C=O) groups is 1. The number of anilines is 2. The summed E-state index contributed by atoms with van der Waals surface area (Å²) in [6.45, 7) is 5.33. The second kappa shape index (κ2) is 11.9. The van der Waals surface area contributed by atoms with Crippen LogP contribution in [0.3, 0.4) is 0 Å². The lowest BCUT2D eigenvalue weighted by Gasteiger charge is -2.11. The molecule has 0 saturated heterocycles. The molecule has 204 valence electrons. The van der Waals surface area contributed by atoms with Gasteiger partial charge in [-0.25, -0.2) is 0 Å². The molecule has 0 aliphatic carbocycles. The van der Waals surface area contributed by atoms with Gasteiger partial charge in [0.15, 0.2) is 0 Å². The van der Waals surface area contributed by atoms with E-state index in [0.717, 1.165) is 44.7 Å². The van der Waals surface area contributed by atoms with E-state index in [1.807, 2.05) is 92.8 Å². The standard InChI is InChI=1S/C33H33N3O4/c1-3-38-29-6-5-7-30(19-29)40-28-11-8-22(9-12-28)20-36-21-25(17-33(37)39-4-2)31-13-10-23(16-32(31)36)24-14-26(34)18-27(35)15-24/h5-16,18-19,21H,3-4,17,20,34-35H2,1-2H3. The molecule has 0 aliphatic rings. The summed E-state index contributed by atoms with van der Waals surface area (Å²) in [5.41, 5.74) is 18.3. The minimum atomic E-state index is -0.246. The van der Waals surface area contributed by atoms with Crippen molar-refractivity contribution in [2.45, 2.75) is 26.8 Å². The van der Waals surface area contributed by atoms with Crippen molar-refractivity contribution in [3.63, 3.8) is 0 Å². The fourth-order valence-electron chi connectivity index (χ4n) is 4.82. The Morgan fingerprint density at radius 2 is 1.52 bits per heavy atom. The summed E-state index contributed by atoms with van der Waals surface area (Å²) >= 11 is 0. The molecule has 4 N–H and O–H groups in total. The summed E-state index contributed by atoms with van der Waals surface area (Å²) in [4.78, 5) is 12.4. The van der Waals surface area contributed by atoms with Gasteiger partial charge in [-0.3, -0.25) is 4.79 Å². The summed E-state index contributed by atoms with van der Waals surface area (Å²) in [6, 6.07) is 27.3. The molecular weight excluding hydrogens is 502 g/mol. The first-order valence-corrected chi connectivity index (χ1v) is 13.3. The zero-order chi connectivity index (χ0) is 28.1. The maximum absolute atomic E-state index is 12.4. The Morgan fingerprint density at radius 3 is 2.25 bits per heavy atom. The summed E-state index contributed by atoms with van der Waals surface area (Å²) in [5.74, 6) is 1.98. The van der Waals surface area contributed by atoms with Crippen LogP contribution in [-0.2, 0) is 22.5 Å². The van der Waals surface area contributed by atoms with Crippen LogP contribution in [-0.4, -0.2) is 23.8 Å². The summed E-state index contributed by atoms with van der Waals surface area (Å²) in [6.07, 6.45) is 2.23. The maximum Gasteiger partial charge on any atom is 0.310 e. The van der Waals surface area contributed by atoms with Gasteiger partial charge in [0.25, 0.3) is 0 Å². The molecule has 1 aromatic heterocycles. The van der Waals surface area contributed by atoms with Crippen molar-refractivity contribution in [1.82, 2.24) is 4.57 Å². The van der Waals surface area contributed by atoms with Crippen LogP contribution in [0.15, 0.2) is 91.1 Å². The maximum atomic E-state index is 12.4. The average Bonchev–Trinajstić information content (AvgIpc) is 3.25. The highest BCUT2D eigenvalue weighted by molar-refractivity contribution is 5.91. The van der Waals surface area contributed by atoms with Gasteiger partial charge in [-0.15, -0.1) is 0 Å². The Bertz CT molecular complexity index is 1620. The predicted octanol–water partition coefficient (Wildman–Crippen LogP) is 6.82. The van der Waals surface area contributed by atoms with Gasteiger partial charge in [0.05, 0.1) is 19.6 Å². The lowest BCUT2D eigenvalue weighted by Crippen LogP contribution is -2.07.